The third kappa shape index (κ3) is 3.93. The summed E-state index contributed by atoms with van der Waals surface area (Å²) in [5.41, 5.74) is 0. The molecule has 2 fully saturated rings. The molecule has 1 amide bonds. The van der Waals surface area contributed by atoms with Crippen molar-refractivity contribution in [3.63, 3.8) is 0 Å². The molecule has 2 aliphatic rings. The first-order valence-electron chi connectivity index (χ1n) is 7.84. The second kappa shape index (κ2) is 6.71. The smallest absolute Gasteiger partial charge is 0.236 e. The lowest BCUT2D eigenvalue weighted by Gasteiger charge is -2.37. The number of hydrogen-bond donors (Lipinski definition) is 0. The molecule has 0 aliphatic carbocycles. The normalized spacial score (nSPS) is 26.3. The average molecular weight is 267 g/mol. The molecule has 1 unspecified atom stereocenters. The highest BCUT2D eigenvalue weighted by atomic mass is 16.2. The molecular formula is C15H29N3O. The number of nitrogens with zero attached hydrogens (tertiary/aromatic N) is 3. The van der Waals surface area contributed by atoms with Crippen LogP contribution in [-0.4, -0.2) is 72.5 Å². The first-order chi connectivity index (χ1) is 9.10. The molecule has 1 atom stereocenters. The molecule has 4 nitrogen and oxygen atoms in total. The van der Waals surface area contributed by atoms with E-state index >= 15 is 0 Å². The summed E-state index contributed by atoms with van der Waals surface area (Å²) >= 11 is 0. The van der Waals surface area contributed by atoms with Crippen molar-refractivity contribution in [2.24, 2.45) is 5.92 Å². The van der Waals surface area contributed by atoms with Gasteiger partial charge < -0.3 is 4.90 Å². The summed E-state index contributed by atoms with van der Waals surface area (Å²) in [4.78, 5) is 19.1. The second-order valence-corrected chi connectivity index (χ2v) is 6.31. The van der Waals surface area contributed by atoms with Gasteiger partial charge in [-0.2, -0.15) is 0 Å². The van der Waals surface area contributed by atoms with E-state index in [2.05, 4.69) is 35.5 Å². The molecule has 2 saturated heterocycles. The largest absolute Gasteiger partial charge is 0.341 e. The Morgan fingerprint density at radius 3 is 2.37 bits per heavy atom. The maximum Gasteiger partial charge on any atom is 0.236 e. The topological polar surface area (TPSA) is 26.8 Å². The van der Waals surface area contributed by atoms with Gasteiger partial charge in [-0.3, -0.25) is 14.6 Å². The zero-order valence-corrected chi connectivity index (χ0v) is 12.8. The Morgan fingerprint density at radius 1 is 1.16 bits per heavy atom. The van der Waals surface area contributed by atoms with Crippen LogP contribution in [0.1, 0.15) is 33.6 Å². The van der Waals surface area contributed by atoms with Crippen LogP contribution in [0.3, 0.4) is 0 Å². The van der Waals surface area contributed by atoms with E-state index in [-0.39, 0.29) is 0 Å². The molecule has 2 rings (SSSR count). The summed E-state index contributed by atoms with van der Waals surface area (Å²) in [6.07, 6.45) is 2.40. The van der Waals surface area contributed by atoms with E-state index in [0.29, 0.717) is 18.5 Å². The number of piperazine rings is 1. The van der Waals surface area contributed by atoms with E-state index < -0.39 is 0 Å². The Morgan fingerprint density at radius 2 is 1.84 bits per heavy atom. The van der Waals surface area contributed by atoms with Crippen molar-refractivity contribution in [3.8, 4) is 0 Å². The number of carbonyl (C=O) groups excluding carboxylic acids is 1. The standard InChI is InChI=1S/C15H29N3O/c1-4-14-5-6-18(11-14)15(19)12-16-7-9-17(10-8-16)13(2)3/h13-14H,4-12H2,1-3H3. The minimum Gasteiger partial charge on any atom is -0.341 e. The van der Waals surface area contributed by atoms with Crippen LogP contribution in [0, 0.1) is 5.92 Å². The Labute approximate surface area is 117 Å². The first kappa shape index (κ1) is 14.8. The van der Waals surface area contributed by atoms with Gasteiger partial charge in [0.05, 0.1) is 6.54 Å². The molecule has 0 saturated carbocycles. The minimum absolute atomic E-state index is 0.342. The van der Waals surface area contributed by atoms with E-state index in [1.807, 2.05) is 0 Å². The van der Waals surface area contributed by atoms with Crippen molar-refractivity contribution in [1.29, 1.82) is 0 Å². The summed E-state index contributed by atoms with van der Waals surface area (Å²) in [5.74, 6) is 1.08. The van der Waals surface area contributed by atoms with Crippen molar-refractivity contribution < 1.29 is 4.79 Å². The lowest BCUT2D eigenvalue weighted by molar-refractivity contribution is -0.132. The number of carbonyl (C=O) groups is 1. The highest BCUT2D eigenvalue weighted by molar-refractivity contribution is 5.78. The van der Waals surface area contributed by atoms with Crippen LogP contribution in [0.5, 0.6) is 0 Å². The van der Waals surface area contributed by atoms with Gasteiger partial charge in [0.15, 0.2) is 0 Å². The highest BCUT2D eigenvalue weighted by Crippen LogP contribution is 2.19. The Bertz CT molecular complexity index is 298. The molecule has 0 N–H and O–H groups in total. The summed E-state index contributed by atoms with van der Waals surface area (Å²) in [5, 5.41) is 0. The molecule has 110 valence electrons. The fourth-order valence-corrected chi connectivity index (χ4v) is 3.12. The predicted molar refractivity (Wildman–Crippen MR) is 78.1 cm³/mol. The molecule has 2 heterocycles. The van der Waals surface area contributed by atoms with Gasteiger partial charge in [-0.1, -0.05) is 13.3 Å². The van der Waals surface area contributed by atoms with E-state index in [1.165, 1.54) is 12.8 Å². The average Bonchev–Trinajstić information content (AvgIpc) is 2.88. The summed E-state index contributed by atoms with van der Waals surface area (Å²) in [6.45, 7) is 13.6. The van der Waals surface area contributed by atoms with Crippen molar-refractivity contribution in [2.75, 3.05) is 45.8 Å². The lowest BCUT2D eigenvalue weighted by atomic mass is 10.1. The number of hydrogen-bond acceptors (Lipinski definition) is 3. The summed E-state index contributed by atoms with van der Waals surface area (Å²) < 4.78 is 0. The van der Waals surface area contributed by atoms with Gasteiger partial charge in [0, 0.05) is 45.3 Å². The molecule has 2 aliphatic heterocycles. The van der Waals surface area contributed by atoms with E-state index in [9.17, 15) is 4.79 Å². The molecule has 0 radical (unpaired) electrons. The molecule has 4 heteroatoms. The third-order valence-corrected chi connectivity index (χ3v) is 4.71. The predicted octanol–water partition coefficient (Wildman–Crippen LogP) is 1.27. The fraction of sp³-hybridized carbons (Fsp3) is 0.933. The van der Waals surface area contributed by atoms with Crippen molar-refractivity contribution >= 4 is 5.91 Å². The van der Waals surface area contributed by atoms with Crippen LogP contribution in [-0.2, 0) is 4.79 Å². The first-order valence-corrected chi connectivity index (χ1v) is 7.84. The number of amides is 1. The maximum absolute atomic E-state index is 12.3. The van der Waals surface area contributed by atoms with E-state index in [4.69, 9.17) is 0 Å². The van der Waals surface area contributed by atoms with Gasteiger partial charge in [-0.05, 0) is 26.2 Å². The SMILES string of the molecule is CCC1CCN(C(=O)CN2CCN(C(C)C)CC2)C1. The lowest BCUT2D eigenvalue weighted by Crippen LogP contribution is -2.51. The fourth-order valence-electron chi connectivity index (χ4n) is 3.12. The third-order valence-electron chi connectivity index (χ3n) is 4.71. The molecule has 0 aromatic carbocycles. The summed E-state index contributed by atoms with van der Waals surface area (Å²) in [6, 6.07) is 0.627. The zero-order valence-electron chi connectivity index (χ0n) is 12.8. The minimum atomic E-state index is 0.342. The van der Waals surface area contributed by atoms with Crippen LogP contribution in [0.25, 0.3) is 0 Å². The second-order valence-electron chi connectivity index (χ2n) is 6.31. The maximum atomic E-state index is 12.3. The highest BCUT2D eigenvalue weighted by Gasteiger charge is 2.27. The molecular weight excluding hydrogens is 238 g/mol. The van der Waals surface area contributed by atoms with Gasteiger partial charge in [0.1, 0.15) is 0 Å². The molecule has 0 bridgehead atoms. The van der Waals surface area contributed by atoms with Crippen LogP contribution in [0.2, 0.25) is 0 Å². The van der Waals surface area contributed by atoms with Crippen LogP contribution >= 0.6 is 0 Å². The van der Waals surface area contributed by atoms with Crippen molar-refractivity contribution in [2.45, 2.75) is 39.7 Å². The van der Waals surface area contributed by atoms with Crippen molar-refractivity contribution in [3.05, 3.63) is 0 Å². The van der Waals surface area contributed by atoms with Crippen LogP contribution in [0.15, 0.2) is 0 Å². The molecule has 0 spiro atoms. The Balaban J connectivity index is 1.72. The van der Waals surface area contributed by atoms with Gasteiger partial charge in [0.25, 0.3) is 0 Å². The van der Waals surface area contributed by atoms with Gasteiger partial charge in [0.2, 0.25) is 5.91 Å². The number of likely N-dealkylation sites (tertiary alicyclic amines) is 1. The van der Waals surface area contributed by atoms with Crippen LogP contribution < -0.4 is 0 Å². The Kier molecular flexibility index (Phi) is 5.22. The van der Waals surface area contributed by atoms with Crippen molar-refractivity contribution in [1.82, 2.24) is 14.7 Å². The molecule has 0 aromatic heterocycles. The van der Waals surface area contributed by atoms with E-state index in [0.717, 1.165) is 45.2 Å². The molecule has 0 aromatic rings. The van der Waals surface area contributed by atoms with Crippen LogP contribution in [0.4, 0.5) is 0 Å². The quantitative estimate of drug-likeness (QED) is 0.767. The zero-order chi connectivity index (χ0) is 13.8. The van der Waals surface area contributed by atoms with Gasteiger partial charge >= 0.3 is 0 Å². The number of rotatable bonds is 4. The van der Waals surface area contributed by atoms with Gasteiger partial charge in [-0.25, -0.2) is 0 Å². The van der Waals surface area contributed by atoms with E-state index in [1.54, 1.807) is 0 Å². The monoisotopic (exact) mass is 267 g/mol. The van der Waals surface area contributed by atoms with Gasteiger partial charge in [-0.15, -0.1) is 0 Å². The molecule has 19 heavy (non-hydrogen) atoms. The summed E-state index contributed by atoms with van der Waals surface area (Å²) in [7, 11) is 0. The Hall–Kier alpha value is -0.610.